The van der Waals surface area contributed by atoms with E-state index in [1.165, 1.54) is 0 Å². The first-order valence-corrected chi connectivity index (χ1v) is 2.52. The van der Waals surface area contributed by atoms with Crippen molar-refractivity contribution < 1.29 is 31.1 Å². The average Bonchev–Trinajstić information content (AvgIpc) is 2.30. The van der Waals surface area contributed by atoms with Crippen LogP contribution in [0.5, 0.6) is 0 Å². The summed E-state index contributed by atoms with van der Waals surface area (Å²) in [7, 11) is 0. The molecule has 7 heteroatoms. The Kier molecular flexibility index (Phi) is 1.59. The monoisotopic (exact) mass is 180 g/mol. The van der Waals surface area contributed by atoms with Crippen LogP contribution >= 0.6 is 0 Å². The third-order valence-corrected chi connectivity index (χ3v) is 1.14. The van der Waals surface area contributed by atoms with Crippen molar-refractivity contribution in [2.75, 3.05) is 0 Å². The van der Waals surface area contributed by atoms with E-state index in [-0.39, 0.29) is 0 Å². The standard InChI is InChI=1S/C4H2F6O/c5-3(6,7)1-2(11-1)4(8,9)10/h1-2H/t1-,2-/m1/s1. The highest BCUT2D eigenvalue weighted by molar-refractivity contribution is 4.95. The molecule has 1 aliphatic heterocycles. The first-order chi connectivity index (χ1) is 4.73. The van der Waals surface area contributed by atoms with Crippen LogP contribution in [0.1, 0.15) is 0 Å². The summed E-state index contributed by atoms with van der Waals surface area (Å²) < 4.78 is 71.8. The molecule has 2 atom stereocenters. The van der Waals surface area contributed by atoms with E-state index in [1.54, 1.807) is 0 Å². The molecule has 0 aromatic rings. The lowest BCUT2D eigenvalue weighted by Crippen LogP contribution is -2.26. The minimum absolute atomic E-state index is 2.65. The molecule has 0 unspecified atom stereocenters. The van der Waals surface area contributed by atoms with Crippen molar-refractivity contribution in [1.82, 2.24) is 0 Å². The van der Waals surface area contributed by atoms with Gasteiger partial charge in [0.15, 0.2) is 12.2 Å². The van der Waals surface area contributed by atoms with Crippen LogP contribution in [0.4, 0.5) is 26.3 Å². The van der Waals surface area contributed by atoms with Crippen molar-refractivity contribution in [2.45, 2.75) is 24.6 Å². The molecular weight excluding hydrogens is 178 g/mol. The molecule has 1 aliphatic rings. The number of epoxide rings is 1. The Morgan fingerprint density at radius 2 is 1.00 bits per heavy atom. The van der Waals surface area contributed by atoms with E-state index in [9.17, 15) is 26.3 Å². The summed E-state index contributed by atoms with van der Waals surface area (Å²) in [6, 6.07) is 0. The highest BCUT2D eigenvalue weighted by Crippen LogP contribution is 2.45. The molecule has 11 heavy (non-hydrogen) atoms. The Hall–Kier alpha value is -0.460. The predicted molar refractivity (Wildman–Crippen MR) is 20.8 cm³/mol. The van der Waals surface area contributed by atoms with Gasteiger partial charge < -0.3 is 4.74 Å². The molecular formula is C4H2F6O. The second-order valence-corrected chi connectivity index (χ2v) is 2.06. The molecule has 0 N–H and O–H groups in total. The van der Waals surface area contributed by atoms with Crippen LogP contribution in [0, 0.1) is 0 Å². The van der Waals surface area contributed by atoms with Gasteiger partial charge in [0.05, 0.1) is 0 Å². The Balaban J connectivity index is 2.51. The first-order valence-electron chi connectivity index (χ1n) is 2.52. The molecule has 0 amide bonds. The van der Waals surface area contributed by atoms with Crippen molar-refractivity contribution in [1.29, 1.82) is 0 Å². The molecule has 0 aromatic heterocycles. The molecule has 1 heterocycles. The van der Waals surface area contributed by atoms with Gasteiger partial charge in [-0.05, 0) is 0 Å². The highest BCUT2D eigenvalue weighted by Gasteiger charge is 2.68. The minimum atomic E-state index is -4.90. The van der Waals surface area contributed by atoms with E-state index in [2.05, 4.69) is 4.74 Å². The van der Waals surface area contributed by atoms with Gasteiger partial charge in [-0.25, -0.2) is 0 Å². The maximum absolute atomic E-state index is 11.4. The zero-order valence-corrected chi connectivity index (χ0v) is 4.83. The molecule has 0 radical (unpaired) electrons. The largest absolute Gasteiger partial charge is 0.417 e. The predicted octanol–water partition coefficient (Wildman–Crippen LogP) is 1.88. The second-order valence-electron chi connectivity index (χ2n) is 2.06. The summed E-state index contributed by atoms with van der Waals surface area (Å²) in [4.78, 5) is 0. The van der Waals surface area contributed by atoms with Crippen molar-refractivity contribution in [2.24, 2.45) is 0 Å². The number of rotatable bonds is 0. The van der Waals surface area contributed by atoms with Crippen LogP contribution in [0.25, 0.3) is 0 Å². The summed E-state index contributed by atoms with van der Waals surface area (Å²) >= 11 is 0. The van der Waals surface area contributed by atoms with Gasteiger partial charge in [0, 0.05) is 0 Å². The zero-order chi connectivity index (χ0) is 8.86. The van der Waals surface area contributed by atoms with Crippen LogP contribution in [0.15, 0.2) is 0 Å². The lowest BCUT2D eigenvalue weighted by atomic mass is 10.3. The Morgan fingerprint density at radius 1 is 0.727 bits per heavy atom. The lowest BCUT2D eigenvalue weighted by molar-refractivity contribution is -0.160. The van der Waals surface area contributed by atoms with Gasteiger partial charge in [0.1, 0.15) is 0 Å². The number of hydrogen-bond donors (Lipinski definition) is 0. The fourth-order valence-electron chi connectivity index (χ4n) is 0.610. The number of alkyl halides is 6. The fourth-order valence-corrected chi connectivity index (χ4v) is 0.610. The molecule has 0 bridgehead atoms. The molecule has 66 valence electrons. The number of hydrogen-bond acceptors (Lipinski definition) is 1. The highest BCUT2D eigenvalue weighted by atomic mass is 19.4. The fraction of sp³-hybridized carbons (Fsp3) is 1.00. The van der Waals surface area contributed by atoms with Gasteiger partial charge in [0.2, 0.25) is 0 Å². The van der Waals surface area contributed by atoms with E-state index >= 15 is 0 Å². The Morgan fingerprint density at radius 3 is 1.09 bits per heavy atom. The van der Waals surface area contributed by atoms with Crippen molar-refractivity contribution in [3.63, 3.8) is 0 Å². The van der Waals surface area contributed by atoms with E-state index < -0.39 is 24.6 Å². The summed E-state index contributed by atoms with van der Waals surface area (Å²) in [6.07, 6.45) is -15.1. The molecule has 0 aliphatic carbocycles. The summed E-state index contributed by atoms with van der Waals surface area (Å²) in [5.41, 5.74) is 0. The maximum atomic E-state index is 11.4. The Labute approximate surface area is 56.9 Å². The number of ether oxygens (including phenoxy) is 1. The van der Waals surface area contributed by atoms with E-state index in [4.69, 9.17) is 0 Å². The van der Waals surface area contributed by atoms with Crippen LogP contribution < -0.4 is 0 Å². The van der Waals surface area contributed by atoms with E-state index in [1.807, 2.05) is 0 Å². The first kappa shape index (κ1) is 8.63. The summed E-state index contributed by atoms with van der Waals surface area (Å²) in [5, 5.41) is 0. The molecule has 1 fully saturated rings. The second kappa shape index (κ2) is 2.02. The van der Waals surface area contributed by atoms with Crippen molar-refractivity contribution in [3.8, 4) is 0 Å². The topological polar surface area (TPSA) is 12.5 Å². The molecule has 1 saturated heterocycles. The quantitative estimate of drug-likeness (QED) is 0.409. The maximum Gasteiger partial charge on any atom is 0.417 e. The van der Waals surface area contributed by atoms with Crippen LogP contribution in [0.3, 0.4) is 0 Å². The van der Waals surface area contributed by atoms with Crippen molar-refractivity contribution in [3.05, 3.63) is 0 Å². The SMILES string of the molecule is FC(F)(F)[C@@H]1O[C@H]1C(F)(F)F. The average molecular weight is 180 g/mol. The molecule has 0 spiro atoms. The minimum Gasteiger partial charge on any atom is -0.350 e. The molecule has 0 saturated carbocycles. The van der Waals surface area contributed by atoms with Gasteiger partial charge in [-0.1, -0.05) is 0 Å². The van der Waals surface area contributed by atoms with Gasteiger partial charge in [-0.2, -0.15) is 26.3 Å². The molecule has 1 rings (SSSR count). The van der Waals surface area contributed by atoms with E-state index in [0.29, 0.717) is 0 Å². The third-order valence-electron chi connectivity index (χ3n) is 1.14. The summed E-state index contributed by atoms with van der Waals surface area (Å²) in [5.74, 6) is 0. The molecule has 1 nitrogen and oxygen atoms in total. The van der Waals surface area contributed by atoms with Crippen molar-refractivity contribution >= 4 is 0 Å². The van der Waals surface area contributed by atoms with E-state index in [0.717, 1.165) is 0 Å². The van der Waals surface area contributed by atoms with Gasteiger partial charge in [-0.3, -0.25) is 0 Å². The van der Waals surface area contributed by atoms with Gasteiger partial charge in [-0.15, -0.1) is 0 Å². The van der Waals surface area contributed by atoms with Crippen LogP contribution in [0.2, 0.25) is 0 Å². The Bertz CT molecular complexity index is 139. The number of halogens is 6. The normalized spacial score (nSPS) is 32.2. The summed E-state index contributed by atoms with van der Waals surface area (Å²) in [6.45, 7) is 0. The van der Waals surface area contributed by atoms with Gasteiger partial charge >= 0.3 is 12.4 Å². The smallest absolute Gasteiger partial charge is 0.350 e. The third kappa shape index (κ3) is 1.76. The molecule has 0 aromatic carbocycles. The van der Waals surface area contributed by atoms with Crippen LogP contribution in [-0.4, -0.2) is 24.6 Å². The van der Waals surface area contributed by atoms with Crippen LogP contribution in [-0.2, 0) is 4.74 Å². The zero-order valence-electron chi connectivity index (χ0n) is 4.83. The van der Waals surface area contributed by atoms with Gasteiger partial charge in [0.25, 0.3) is 0 Å². The lowest BCUT2D eigenvalue weighted by Gasteiger charge is -2.02.